The Morgan fingerprint density at radius 3 is 2.46 bits per heavy atom. The van der Waals surface area contributed by atoms with Gasteiger partial charge in [0.2, 0.25) is 5.91 Å². The van der Waals surface area contributed by atoms with E-state index in [2.05, 4.69) is 5.32 Å². The number of ether oxygens (including phenoxy) is 1. The van der Waals surface area contributed by atoms with Crippen LogP contribution in [0.5, 0.6) is 5.75 Å². The van der Waals surface area contributed by atoms with E-state index in [1.807, 2.05) is 6.07 Å². The van der Waals surface area contributed by atoms with Crippen molar-refractivity contribution in [1.82, 2.24) is 0 Å². The van der Waals surface area contributed by atoms with E-state index < -0.39 is 4.92 Å². The Morgan fingerprint density at radius 1 is 1.12 bits per heavy atom. The molecular formula is C17H16N2O5. The number of hydrogen-bond acceptors (Lipinski definition) is 5. The monoisotopic (exact) mass is 328 g/mol. The highest BCUT2D eigenvalue weighted by Crippen LogP contribution is 2.29. The molecular weight excluding hydrogens is 312 g/mol. The molecule has 0 heterocycles. The predicted molar refractivity (Wildman–Crippen MR) is 88.3 cm³/mol. The number of rotatable bonds is 7. The predicted octanol–water partition coefficient (Wildman–Crippen LogP) is 3.21. The number of methoxy groups -OCH3 is 1. The summed E-state index contributed by atoms with van der Waals surface area (Å²) in [5, 5.41) is 13.3. The van der Waals surface area contributed by atoms with E-state index in [4.69, 9.17) is 4.74 Å². The maximum absolute atomic E-state index is 12.0. The van der Waals surface area contributed by atoms with Crippen molar-refractivity contribution in [2.45, 2.75) is 12.8 Å². The lowest BCUT2D eigenvalue weighted by Crippen LogP contribution is -2.14. The van der Waals surface area contributed by atoms with Crippen LogP contribution in [0.2, 0.25) is 0 Å². The number of nitrogens with one attached hydrogen (secondary N) is 1. The third-order valence-electron chi connectivity index (χ3n) is 3.34. The SMILES string of the molecule is COc1cc([N+](=O)[O-])ccc1NC(=O)CCC(=O)c1ccccc1. The largest absolute Gasteiger partial charge is 0.494 e. The second-order valence-electron chi connectivity index (χ2n) is 4.98. The van der Waals surface area contributed by atoms with E-state index in [-0.39, 0.29) is 36.0 Å². The maximum Gasteiger partial charge on any atom is 0.273 e. The minimum atomic E-state index is -0.549. The van der Waals surface area contributed by atoms with Gasteiger partial charge in [-0.15, -0.1) is 0 Å². The van der Waals surface area contributed by atoms with Crippen molar-refractivity contribution in [3.63, 3.8) is 0 Å². The fraction of sp³-hybridized carbons (Fsp3) is 0.176. The van der Waals surface area contributed by atoms with Crippen molar-refractivity contribution >= 4 is 23.1 Å². The van der Waals surface area contributed by atoms with Gasteiger partial charge in [0.05, 0.1) is 23.8 Å². The molecule has 0 aliphatic rings. The molecule has 1 amide bonds. The molecule has 1 N–H and O–H groups in total. The first-order valence-electron chi connectivity index (χ1n) is 7.22. The quantitative estimate of drug-likeness (QED) is 0.478. The molecule has 2 aromatic rings. The number of nitro groups is 1. The average Bonchev–Trinajstić information content (AvgIpc) is 2.60. The molecule has 0 radical (unpaired) electrons. The van der Waals surface area contributed by atoms with Gasteiger partial charge in [0.25, 0.3) is 5.69 Å². The summed E-state index contributed by atoms with van der Waals surface area (Å²) >= 11 is 0. The maximum atomic E-state index is 12.0. The van der Waals surface area contributed by atoms with Gasteiger partial charge in [0, 0.05) is 24.5 Å². The first kappa shape index (κ1) is 17.1. The summed E-state index contributed by atoms with van der Waals surface area (Å²) in [7, 11) is 1.35. The van der Waals surface area contributed by atoms with Crippen LogP contribution in [0.25, 0.3) is 0 Å². The number of anilines is 1. The highest BCUT2D eigenvalue weighted by atomic mass is 16.6. The van der Waals surface area contributed by atoms with Crippen LogP contribution >= 0.6 is 0 Å². The zero-order valence-electron chi connectivity index (χ0n) is 13.0. The van der Waals surface area contributed by atoms with E-state index >= 15 is 0 Å². The summed E-state index contributed by atoms with van der Waals surface area (Å²) < 4.78 is 5.05. The molecule has 24 heavy (non-hydrogen) atoms. The topological polar surface area (TPSA) is 98.5 Å². The number of carbonyl (C=O) groups excluding carboxylic acids is 2. The summed E-state index contributed by atoms with van der Waals surface area (Å²) in [5.41, 5.74) is 0.739. The van der Waals surface area contributed by atoms with E-state index in [1.54, 1.807) is 24.3 Å². The molecule has 7 heteroatoms. The van der Waals surface area contributed by atoms with E-state index in [9.17, 15) is 19.7 Å². The highest BCUT2D eigenvalue weighted by Gasteiger charge is 2.14. The van der Waals surface area contributed by atoms with Crippen LogP contribution in [0.4, 0.5) is 11.4 Å². The molecule has 0 bridgehead atoms. The summed E-state index contributed by atoms with van der Waals surface area (Å²) in [5.74, 6) is -0.306. The van der Waals surface area contributed by atoms with Crippen molar-refractivity contribution in [3.05, 3.63) is 64.2 Å². The summed E-state index contributed by atoms with van der Waals surface area (Å²) in [6.45, 7) is 0. The van der Waals surface area contributed by atoms with Gasteiger partial charge in [-0.3, -0.25) is 19.7 Å². The molecule has 2 aromatic carbocycles. The summed E-state index contributed by atoms with van der Waals surface area (Å²) in [6.07, 6.45) is 0.0824. The third kappa shape index (κ3) is 4.39. The van der Waals surface area contributed by atoms with E-state index in [0.29, 0.717) is 11.3 Å². The van der Waals surface area contributed by atoms with E-state index in [0.717, 1.165) is 0 Å². The molecule has 2 rings (SSSR count). The van der Waals surface area contributed by atoms with Crippen molar-refractivity contribution in [2.75, 3.05) is 12.4 Å². The highest BCUT2D eigenvalue weighted by molar-refractivity contribution is 6.00. The fourth-order valence-electron chi connectivity index (χ4n) is 2.10. The lowest BCUT2D eigenvalue weighted by molar-refractivity contribution is -0.384. The smallest absolute Gasteiger partial charge is 0.273 e. The summed E-state index contributed by atoms with van der Waals surface area (Å²) in [6, 6.07) is 12.6. The average molecular weight is 328 g/mol. The van der Waals surface area contributed by atoms with Crippen molar-refractivity contribution in [2.24, 2.45) is 0 Å². The molecule has 7 nitrogen and oxygen atoms in total. The molecule has 0 saturated heterocycles. The van der Waals surface area contributed by atoms with Crippen LogP contribution in [0, 0.1) is 10.1 Å². The number of carbonyl (C=O) groups is 2. The Hall–Kier alpha value is -3.22. The van der Waals surface area contributed by atoms with Gasteiger partial charge >= 0.3 is 0 Å². The Kier molecular flexibility index (Phi) is 5.62. The lowest BCUT2D eigenvalue weighted by Gasteiger charge is -2.09. The molecule has 0 aromatic heterocycles. The number of hydrogen-bond donors (Lipinski definition) is 1. The second kappa shape index (κ2) is 7.87. The molecule has 0 atom stereocenters. The number of ketones is 1. The van der Waals surface area contributed by atoms with Gasteiger partial charge in [-0.05, 0) is 6.07 Å². The van der Waals surface area contributed by atoms with Crippen molar-refractivity contribution < 1.29 is 19.2 Å². The van der Waals surface area contributed by atoms with Crippen LogP contribution in [0.15, 0.2) is 48.5 Å². The first-order valence-corrected chi connectivity index (χ1v) is 7.22. The molecule has 0 spiro atoms. The zero-order chi connectivity index (χ0) is 17.5. The molecule has 124 valence electrons. The molecule has 0 aliphatic heterocycles. The van der Waals surface area contributed by atoms with Gasteiger partial charge in [0.15, 0.2) is 5.78 Å². The van der Waals surface area contributed by atoms with Gasteiger partial charge in [0.1, 0.15) is 5.75 Å². The number of amides is 1. The Bertz CT molecular complexity index is 759. The van der Waals surface area contributed by atoms with Crippen LogP contribution in [-0.4, -0.2) is 23.7 Å². The number of nitro benzene ring substituents is 1. The minimum absolute atomic E-state index is 0.00781. The van der Waals surface area contributed by atoms with Crippen LogP contribution in [0.3, 0.4) is 0 Å². The van der Waals surface area contributed by atoms with Crippen molar-refractivity contribution in [3.8, 4) is 5.75 Å². The van der Waals surface area contributed by atoms with Gasteiger partial charge in [-0.25, -0.2) is 0 Å². The Labute approximate surface area is 138 Å². The molecule has 0 unspecified atom stereocenters. The number of benzene rings is 2. The minimum Gasteiger partial charge on any atom is -0.494 e. The lowest BCUT2D eigenvalue weighted by atomic mass is 10.1. The Balaban J connectivity index is 1.97. The van der Waals surface area contributed by atoms with Gasteiger partial charge in [-0.1, -0.05) is 30.3 Å². The first-order chi connectivity index (χ1) is 11.5. The van der Waals surface area contributed by atoms with E-state index in [1.165, 1.54) is 25.3 Å². The third-order valence-corrected chi connectivity index (χ3v) is 3.34. The normalized spacial score (nSPS) is 10.0. The standard InChI is InChI=1S/C17H16N2O5/c1-24-16-11-13(19(22)23)7-8-14(16)18-17(21)10-9-15(20)12-5-3-2-4-6-12/h2-8,11H,9-10H2,1H3,(H,18,21). The molecule has 0 saturated carbocycles. The number of Topliss-reactive ketones (excluding diaryl/α,β-unsaturated/α-hetero) is 1. The molecule has 0 aliphatic carbocycles. The van der Waals surface area contributed by atoms with Gasteiger partial charge < -0.3 is 10.1 Å². The second-order valence-corrected chi connectivity index (χ2v) is 4.98. The van der Waals surface area contributed by atoms with Crippen LogP contribution < -0.4 is 10.1 Å². The number of non-ortho nitro benzene ring substituents is 1. The fourth-order valence-corrected chi connectivity index (χ4v) is 2.10. The van der Waals surface area contributed by atoms with Crippen LogP contribution in [-0.2, 0) is 4.79 Å². The summed E-state index contributed by atoms with van der Waals surface area (Å²) in [4.78, 5) is 34.1. The zero-order valence-corrected chi connectivity index (χ0v) is 13.0. The number of nitrogens with zero attached hydrogens (tertiary/aromatic N) is 1. The van der Waals surface area contributed by atoms with Crippen molar-refractivity contribution in [1.29, 1.82) is 0 Å². The Morgan fingerprint density at radius 2 is 1.83 bits per heavy atom. The van der Waals surface area contributed by atoms with Gasteiger partial charge in [-0.2, -0.15) is 0 Å². The van der Waals surface area contributed by atoms with Crippen LogP contribution in [0.1, 0.15) is 23.2 Å². The molecule has 0 fully saturated rings.